The molecule has 0 saturated carbocycles. The van der Waals surface area contributed by atoms with Crippen LogP contribution in [0, 0.1) is 13.8 Å². The van der Waals surface area contributed by atoms with E-state index in [0.717, 1.165) is 39.9 Å². The highest BCUT2D eigenvalue weighted by molar-refractivity contribution is 7.91. The number of hydrogen-bond donors (Lipinski definition) is 0. The number of hydrogen-bond acceptors (Lipinski definition) is 2. The predicted molar refractivity (Wildman–Crippen MR) is 107 cm³/mol. The molecule has 0 heterocycles. The van der Waals surface area contributed by atoms with Crippen LogP contribution in [0.1, 0.15) is 54.2 Å². The van der Waals surface area contributed by atoms with Crippen LogP contribution in [0.15, 0.2) is 36.4 Å². The fourth-order valence-corrected chi connectivity index (χ4v) is 4.07. The van der Waals surface area contributed by atoms with Gasteiger partial charge in [-0.2, -0.15) is 13.2 Å². The van der Waals surface area contributed by atoms with Gasteiger partial charge in [-0.3, -0.25) is 0 Å². The fraction of sp³-hybridized carbons (Fsp3) is 0.455. The Morgan fingerprint density at radius 3 is 1.82 bits per heavy atom. The molecular weight excluding hydrogens is 385 g/mol. The quantitative estimate of drug-likeness (QED) is 0.620. The first kappa shape index (κ1) is 22.5. The molecule has 0 unspecified atom stereocenters. The summed E-state index contributed by atoms with van der Waals surface area (Å²) in [6, 6.07) is 9.14. The summed E-state index contributed by atoms with van der Waals surface area (Å²) in [5.74, 6) is 0.00234. The first-order valence-electron chi connectivity index (χ1n) is 9.18. The van der Waals surface area contributed by atoms with Crippen molar-refractivity contribution in [3.63, 3.8) is 0 Å². The van der Waals surface area contributed by atoms with Crippen LogP contribution in [0.4, 0.5) is 13.2 Å². The molecular formula is C22H27F3O2S. The smallest absolute Gasteiger partial charge is 0.228 e. The second kappa shape index (κ2) is 7.90. The average molecular weight is 413 g/mol. The van der Waals surface area contributed by atoms with Gasteiger partial charge in [-0.05, 0) is 87.4 Å². The zero-order chi connectivity index (χ0) is 21.3. The van der Waals surface area contributed by atoms with E-state index in [-0.39, 0.29) is 5.75 Å². The monoisotopic (exact) mass is 412 g/mol. The second-order valence-corrected chi connectivity index (χ2v) is 11.0. The van der Waals surface area contributed by atoms with Gasteiger partial charge in [0.2, 0.25) is 0 Å². The number of benzene rings is 2. The highest BCUT2D eigenvalue weighted by Crippen LogP contribution is 2.29. The number of aryl methyl sites for hydroxylation is 4. The third kappa shape index (κ3) is 5.37. The molecule has 0 saturated heterocycles. The molecule has 2 nitrogen and oxygen atoms in total. The predicted octanol–water partition coefficient (Wildman–Crippen LogP) is 5.82. The van der Waals surface area contributed by atoms with E-state index in [1.165, 1.54) is 12.1 Å². The van der Waals surface area contributed by atoms with Crippen molar-refractivity contribution < 1.29 is 21.6 Å². The van der Waals surface area contributed by atoms with Crippen LogP contribution in [0.2, 0.25) is 0 Å². The molecule has 0 N–H and O–H groups in total. The lowest BCUT2D eigenvalue weighted by Gasteiger charge is -2.20. The minimum Gasteiger partial charge on any atom is -0.228 e. The highest BCUT2D eigenvalue weighted by Gasteiger charge is 2.30. The van der Waals surface area contributed by atoms with Crippen molar-refractivity contribution in [1.82, 2.24) is 0 Å². The van der Waals surface area contributed by atoms with Crippen molar-refractivity contribution in [2.45, 2.75) is 64.1 Å². The molecule has 2 aromatic rings. The maximum atomic E-state index is 12.7. The summed E-state index contributed by atoms with van der Waals surface area (Å²) in [5.41, 5.74) is 3.98. The SMILES string of the molecule is Cc1cc(CS(=O)(=O)C(C)(C)C)c(C)cc1CCc1ccc(C(F)(F)F)cc1. The Hall–Kier alpha value is -1.82. The molecule has 0 spiro atoms. The minimum atomic E-state index is -4.32. The van der Waals surface area contributed by atoms with Gasteiger partial charge in [-0.25, -0.2) is 8.42 Å². The van der Waals surface area contributed by atoms with Gasteiger partial charge in [0, 0.05) is 0 Å². The van der Waals surface area contributed by atoms with E-state index in [1.54, 1.807) is 20.8 Å². The molecule has 2 aromatic carbocycles. The first-order valence-corrected chi connectivity index (χ1v) is 10.8. The maximum absolute atomic E-state index is 12.7. The molecule has 0 bridgehead atoms. The van der Waals surface area contributed by atoms with Gasteiger partial charge in [-0.1, -0.05) is 24.3 Å². The van der Waals surface area contributed by atoms with Gasteiger partial charge >= 0.3 is 6.18 Å². The number of halogens is 3. The minimum absolute atomic E-state index is 0.00234. The molecule has 154 valence electrons. The van der Waals surface area contributed by atoms with E-state index < -0.39 is 26.3 Å². The standard InChI is InChI=1S/C22H27F3O2S/c1-15-13-19(14-28(26,27)21(3,4)5)16(2)12-18(15)9-6-17-7-10-20(11-8-17)22(23,24)25/h7-8,10-13H,6,9,14H2,1-5H3. The lowest BCUT2D eigenvalue weighted by Crippen LogP contribution is -2.29. The number of alkyl halides is 3. The van der Waals surface area contributed by atoms with E-state index in [4.69, 9.17) is 0 Å². The fourth-order valence-electron chi connectivity index (χ4n) is 2.92. The molecule has 0 aliphatic rings. The summed E-state index contributed by atoms with van der Waals surface area (Å²) < 4.78 is 62.1. The molecule has 28 heavy (non-hydrogen) atoms. The van der Waals surface area contributed by atoms with Gasteiger partial charge in [0.15, 0.2) is 9.84 Å². The Kier molecular flexibility index (Phi) is 6.34. The molecule has 0 fully saturated rings. The van der Waals surface area contributed by atoms with Gasteiger partial charge in [0.1, 0.15) is 0 Å². The maximum Gasteiger partial charge on any atom is 0.416 e. The summed E-state index contributed by atoms with van der Waals surface area (Å²) in [6.45, 7) is 8.93. The Morgan fingerprint density at radius 1 is 0.821 bits per heavy atom. The third-order valence-corrected chi connectivity index (χ3v) is 7.59. The van der Waals surface area contributed by atoms with Crippen molar-refractivity contribution >= 4 is 9.84 Å². The lowest BCUT2D eigenvalue weighted by molar-refractivity contribution is -0.137. The topological polar surface area (TPSA) is 34.1 Å². The molecule has 6 heteroatoms. The first-order chi connectivity index (χ1) is 12.7. The summed E-state index contributed by atoms with van der Waals surface area (Å²) in [6.07, 6.45) is -3.02. The van der Waals surface area contributed by atoms with E-state index in [0.29, 0.717) is 12.8 Å². The van der Waals surface area contributed by atoms with Crippen LogP contribution in [-0.4, -0.2) is 13.2 Å². The van der Waals surface area contributed by atoms with Crippen LogP contribution < -0.4 is 0 Å². The molecule has 0 aromatic heterocycles. The van der Waals surface area contributed by atoms with Crippen molar-refractivity contribution in [3.8, 4) is 0 Å². The van der Waals surface area contributed by atoms with E-state index in [2.05, 4.69) is 0 Å². The van der Waals surface area contributed by atoms with Crippen molar-refractivity contribution in [2.75, 3.05) is 0 Å². The molecule has 0 amide bonds. The van der Waals surface area contributed by atoms with Crippen molar-refractivity contribution in [2.24, 2.45) is 0 Å². The molecule has 0 aliphatic heterocycles. The van der Waals surface area contributed by atoms with Gasteiger partial charge < -0.3 is 0 Å². The second-order valence-electron chi connectivity index (χ2n) is 8.27. The Balaban J connectivity index is 2.15. The van der Waals surface area contributed by atoms with E-state index in [1.807, 2.05) is 26.0 Å². The molecule has 2 rings (SSSR count). The summed E-state index contributed by atoms with van der Waals surface area (Å²) in [5, 5.41) is 0. The Morgan fingerprint density at radius 2 is 1.32 bits per heavy atom. The van der Waals surface area contributed by atoms with E-state index >= 15 is 0 Å². The van der Waals surface area contributed by atoms with Crippen LogP contribution >= 0.6 is 0 Å². The van der Waals surface area contributed by atoms with Crippen molar-refractivity contribution in [1.29, 1.82) is 0 Å². The van der Waals surface area contributed by atoms with Gasteiger partial charge in [0.05, 0.1) is 16.1 Å². The van der Waals surface area contributed by atoms with Gasteiger partial charge in [-0.15, -0.1) is 0 Å². The van der Waals surface area contributed by atoms with Crippen LogP contribution in [0.3, 0.4) is 0 Å². The lowest BCUT2D eigenvalue weighted by atomic mass is 9.96. The zero-order valence-electron chi connectivity index (χ0n) is 16.9. The average Bonchev–Trinajstić information content (AvgIpc) is 2.55. The molecule has 0 aliphatic carbocycles. The molecule has 0 radical (unpaired) electrons. The van der Waals surface area contributed by atoms with E-state index in [9.17, 15) is 21.6 Å². The Bertz CT molecular complexity index is 935. The van der Waals surface area contributed by atoms with Crippen molar-refractivity contribution in [3.05, 3.63) is 69.8 Å². The zero-order valence-corrected chi connectivity index (χ0v) is 17.8. The Labute approximate surface area is 165 Å². The number of sulfone groups is 1. The largest absolute Gasteiger partial charge is 0.416 e. The number of rotatable bonds is 5. The summed E-state index contributed by atoms with van der Waals surface area (Å²) >= 11 is 0. The van der Waals surface area contributed by atoms with Crippen LogP contribution in [0.5, 0.6) is 0 Å². The highest BCUT2D eigenvalue weighted by atomic mass is 32.2. The summed E-state index contributed by atoms with van der Waals surface area (Å²) in [4.78, 5) is 0. The summed E-state index contributed by atoms with van der Waals surface area (Å²) in [7, 11) is -3.27. The van der Waals surface area contributed by atoms with Crippen LogP contribution in [-0.2, 0) is 34.6 Å². The normalized spacial score (nSPS) is 13.0. The molecule has 0 atom stereocenters. The third-order valence-electron chi connectivity index (χ3n) is 5.04. The van der Waals surface area contributed by atoms with Crippen LogP contribution in [0.25, 0.3) is 0 Å². The van der Waals surface area contributed by atoms with Gasteiger partial charge in [0.25, 0.3) is 0 Å².